The van der Waals surface area contributed by atoms with Crippen LogP contribution in [-0.2, 0) is 12.8 Å². The zero-order valence-corrected chi connectivity index (χ0v) is 7.61. The van der Waals surface area contributed by atoms with Gasteiger partial charge in [0.1, 0.15) is 0 Å². The van der Waals surface area contributed by atoms with Gasteiger partial charge in [-0.25, -0.2) is 0 Å². The minimum Gasteiger partial charge on any atom is -0.389 e. The number of fused-ring (bicyclic) bond motifs is 1. The fourth-order valence-electron chi connectivity index (χ4n) is 2.03. The maximum absolute atomic E-state index is 9.61. The first-order chi connectivity index (χ1) is 6.31. The molecule has 2 rings (SSSR count). The Kier molecular flexibility index (Phi) is 2.19. The minimum absolute atomic E-state index is 0.342. The van der Waals surface area contributed by atoms with Crippen molar-refractivity contribution in [2.24, 2.45) is 5.92 Å². The van der Waals surface area contributed by atoms with Crippen LogP contribution >= 0.6 is 0 Å². The summed E-state index contributed by atoms with van der Waals surface area (Å²) in [5, 5.41) is 9.61. The van der Waals surface area contributed by atoms with Crippen molar-refractivity contribution >= 4 is 0 Å². The molecular formula is C12H14O. The van der Waals surface area contributed by atoms with Gasteiger partial charge < -0.3 is 5.11 Å². The first-order valence-corrected chi connectivity index (χ1v) is 4.68. The third kappa shape index (κ3) is 1.52. The molecule has 1 aliphatic carbocycles. The molecule has 68 valence electrons. The highest BCUT2D eigenvalue weighted by Crippen LogP contribution is 2.28. The number of benzene rings is 1. The van der Waals surface area contributed by atoms with Gasteiger partial charge >= 0.3 is 0 Å². The lowest BCUT2D eigenvalue weighted by Gasteiger charge is -2.12. The minimum atomic E-state index is -0.354. The second kappa shape index (κ2) is 3.35. The molecule has 0 heterocycles. The van der Waals surface area contributed by atoms with Crippen molar-refractivity contribution < 1.29 is 5.11 Å². The van der Waals surface area contributed by atoms with Crippen LogP contribution in [0.15, 0.2) is 36.9 Å². The highest BCUT2D eigenvalue weighted by molar-refractivity contribution is 5.32. The van der Waals surface area contributed by atoms with E-state index in [4.69, 9.17) is 0 Å². The molecule has 0 aromatic heterocycles. The van der Waals surface area contributed by atoms with E-state index in [1.165, 1.54) is 11.1 Å². The Hall–Kier alpha value is -1.08. The van der Waals surface area contributed by atoms with Crippen LogP contribution in [0, 0.1) is 5.92 Å². The molecule has 1 aromatic rings. The summed E-state index contributed by atoms with van der Waals surface area (Å²) in [6.45, 7) is 3.62. The number of aliphatic hydroxyl groups excluding tert-OH is 1. The standard InChI is InChI=1S/C12H14O/c1-2-12(13)11-7-9-5-3-4-6-10(9)8-11/h2-6,11-13H,1,7-8H2. The maximum atomic E-state index is 9.61. The van der Waals surface area contributed by atoms with Gasteiger partial charge in [-0.15, -0.1) is 6.58 Å². The van der Waals surface area contributed by atoms with Crippen molar-refractivity contribution in [3.05, 3.63) is 48.0 Å². The highest BCUT2D eigenvalue weighted by Gasteiger charge is 2.24. The van der Waals surface area contributed by atoms with Crippen molar-refractivity contribution in [3.63, 3.8) is 0 Å². The molecule has 1 unspecified atom stereocenters. The molecule has 0 radical (unpaired) electrons. The lowest BCUT2D eigenvalue weighted by molar-refractivity contribution is 0.158. The van der Waals surface area contributed by atoms with Gasteiger partial charge in [-0.3, -0.25) is 0 Å². The summed E-state index contributed by atoms with van der Waals surface area (Å²) in [6, 6.07) is 8.40. The topological polar surface area (TPSA) is 20.2 Å². The average Bonchev–Trinajstić information content (AvgIpc) is 2.59. The lowest BCUT2D eigenvalue weighted by Crippen LogP contribution is -2.17. The smallest absolute Gasteiger partial charge is 0.0752 e. The van der Waals surface area contributed by atoms with Crippen molar-refractivity contribution in [1.82, 2.24) is 0 Å². The first kappa shape index (κ1) is 8.52. The Balaban J connectivity index is 2.18. The van der Waals surface area contributed by atoms with Gasteiger partial charge in [0.25, 0.3) is 0 Å². The molecule has 0 fully saturated rings. The molecule has 1 aliphatic rings. The zero-order chi connectivity index (χ0) is 9.26. The second-order valence-corrected chi connectivity index (χ2v) is 3.66. The summed E-state index contributed by atoms with van der Waals surface area (Å²) < 4.78 is 0. The van der Waals surface area contributed by atoms with E-state index in [1.807, 2.05) is 0 Å². The van der Waals surface area contributed by atoms with Gasteiger partial charge in [0.15, 0.2) is 0 Å². The van der Waals surface area contributed by atoms with E-state index in [9.17, 15) is 5.11 Å². The van der Waals surface area contributed by atoms with Gasteiger partial charge in [-0.1, -0.05) is 30.3 Å². The van der Waals surface area contributed by atoms with Crippen LogP contribution in [0.25, 0.3) is 0 Å². The molecule has 1 aromatic carbocycles. The van der Waals surface area contributed by atoms with E-state index >= 15 is 0 Å². The van der Waals surface area contributed by atoms with Crippen LogP contribution in [0.4, 0.5) is 0 Å². The van der Waals surface area contributed by atoms with Gasteiger partial charge in [-0.05, 0) is 29.9 Å². The van der Waals surface area contributed by atoms with E-state index in [2.05, 4.69) is 30.8 Å². The Morgan fingerprint density at radius 2 is 1.85 bits per heavy atom. The van der Waals surface area contributed by atoms with Gasteiger partial charge in [-0.2, -0.15) is 0 Å². The van der Waals surface area contributed by atoms with E-state index in [-0.39, 0.29) is 6.10 Å². The maximum Gasteiger partial charge on any atom is 0.0752 e. The Labute approximate surface area is 78.7 Å². The van der Waals surface area contributed by atoms with Gasteiger partial charge in [0, 0.05) is 0 Å². The van der Waals surface area contributed by atoms with Crippen LogP contribution in [-0.4, -0.2) is 11.2 Å². The average molecular weight is 174 g/mol. The predicted octanol–water partition coefficient (Wildman–Crippen LogP) is 1.95. The molecule has 0 amide bonds. The Bertz CT molecular complexity index is 292. The molecule has 0 spiro atoms. The van der Waals surface area contributed by atoms with Crippen molar-refractivity contribution in [2.75, 3.05) is 0 Å². The normalized spacial score (nSPS) is 18.2. The van der Waals surface area contributed by atoms with E-state index in [1.54, 1.807) is 6.08 Å². The van der Waals surface area contributed by atoms with Crippen LogP contribution in [0.5, 0.6) is 0 Å². The summed E-state index contributed by atoms with van der Waals surface area (Å²) in [5.41, 5.74) is 2.77. The van der Waals surface area contributed by atoms with E-state index in [0.29, 0.717) is 5.92 Å². The molecule has 0 aliphatic heterocycles. The van der Waals surface area contributed by atoms with Crippen LogP contribution in [0.3, 0.4) is 0 Å². The van der Waals surface area contributed by atoms with Crippen LogP contribution in [0.1, 0.15) is 11.1 Å². The molecule has 1 heteroatoms. The number of hydrogen-bond acceptors (Lipinski definition) is 1. The SMILES string of the molecule is C=CC(O)C1Cc2ccccc2C1. The lowest BCUT2D eigenvalue weighted by atomic mass is 9.99. The molecule has 0 bridgehead atoms. The van der Waals surface area contributed by atoms with E-state index in [0.717, 1.165) is 12.8 Å². The fraction of sp³-hybridized carbons (Fsp3) is 0.333. The van der Waals surface area contributed by atoms with Crippen molar-refractivity contribution in [2.45, 2.75) is 18.9 Å². The molecular weight excluding hydrogens is 160 g/mol. The molecule has 1 atom stereocenters. The predicted molar refractivity (Wildman–Crippen MR) is 53.5 cm³/mol. The summed E-state index contributed by atoms with van der Waals surface area (Å²) in [4.78, 5) is 0. The van der Waals surface area contributed by atoms with Crippen LogP contribution in [0.2, 0.25) is 0 Å². The third-order valence-corrected chi connectivity index (χ3v) is 2.81. The summed E-state index contributed by atoms with van der Waals surface area (Å²) in [6.07, 6.45) is 3.26. The third-order valence-electron chi connectivity index (χ3n) is 2.81. The quantitative estimate of drug-likeness (QED) is 0.679. The van der Waals surface area contributed by atoms with E-state index < -0.39 is 0 Å². The van der Waals surface area contributed by atoms with Crippen molar-refractivity contribution in [1.29, 1.82) is 0 Å². The van der Waals surface area contributed by atoms with Gasteiger partial charge in [0.2, 0.25) is 0 Å². The Morgan fingerprint density at radius 1 is 1.31 bits per heavy atom. The highest BCUT2D eigenvalue weighted by atomic mass is 16.3. The zero-order valence-electron chi connectivity index (χ0n) is 7.61. The molecule has 1 N–H and O–H groups in total. The summed E-state index contributed by atoms with van der Waals surface area (Å²) in [5.74, 6) is 0.342. The largest absolute Gasteiger partial charge is 0.389 e. The second-order valence-electron chi connectivity index (χ2n) is 3.66. The van der Waals surface area contributed by atoms with Crippen LogP contribution < -0.4 is 0 Å². The monoisotopic (exact) mass is 174 g/mol. The number of aliphatic hydroxyl groups is 1. The molecule has 1 nitrogen and oxygen atoms in total. The summed E-state index contributed by atoms with van der Waals surface area (Å²) >= 11 is 0. The number of rotatable bonds is 2. The Morgan fingerprint density at radius 3 is 2.31 bits per heavy atom. The molecule has 0 saturated carbocycles. The number of hydrogen-bond donors (Lipinski definition) is 1. The molecule has 0 saturated heterocycles. The fourth-order valence-corrected chi connectivity index (χ4v) is 2.03. The first-order valence-electron chi connectivity index (χ1n) is 4.68. The van der Waals surface area contributed by atoms with Gasteiger partial charge in [0.05, 0.1) is 6.10 Å². The summed E-state index contributed by atoms with van der Waals surface area (Å²) in [7, 11) is 0. The van der Waals surface area contributed by atoms with Crippen molar-refractivity contribution in [3.8, 4) is 0 Å². The molecule has 13 heavy (non-hydrogen) atoms.